The van der Waals surface area contributed by atoms with Gasteiger partial charge in [-0.3, -0.25) is 9.10 Å². The molecule has 0 unspecified atom stereocenters. The zero-order valence-electron chi connectivity index (χ0n) is 17.7. The van der Waals surface area contributed by atoms with E-state index in [0.717, 1.165) is 33.2 Å². The lowest BCUT2D eigenvalue weighted by Gasteiger charge is -2.21. The number of para-hydroxylation sites is 1. The molecule has 1 amide bonds. The number of halogens is 2. The minimum atomic E-state index is -3.64. The molecule has 168 valence electrons. The molecule has 0 radical (unpaired) electrons. The number of hydrogen-bond donors (Lipinski definition) is 1. The van der Waals surface area contributed by atoms with Gasteiger partial charge in [-0.05, 0) is 50.2 Å². The lowest BCUT2D eigenvalue weighted by Crippen LogP contribution is -2.38. The summed E-state index contributed by atoms with van der Waals surface area (Å²) in [6.45, 7) is 3.43. The predicted octanol–water partition coefficient (Wildman–Crippen LogP) is 4.32. The molecule has 1 N–H and O–H groups in total. The van der Waals surface area contributed by atoms with Gasteiger partial charge in [0.2, 0.25) is 10.0 Å². The lowest BCUT2D eigenvalue weighted by atomic mass is 10.2. The predicted molar refractivity (Wildman–Crippen MR) is 130 cm³/mol. The Morgan fingerprint density at radius 3 is 2.47 bits per heavy atom. The number of anilines is 1. The van der Waals surface area contributed by atoms with Gasteiger partial charge in [-0.25, -0.2) is 13.8 Å². The first-order valence-corrected chi connectivity index (χ1v) is 12.2. The van der Waals surface area contributed by atoms with Crippen LogP contribution < -0.4 is 9.73 Å². The molecule has 1 heterocycles. The maximum Gasteiger partial charge on any atom is 0.260 e. The van der Waals surface area contributed by atoms with Crippen LogP contribution >= 0.6 is 23.2 Å². The molecule has 10 heteroatoms. The molecular weight excluding hydrogens is 471 g/mol. The van der Waals surface area contributed by atoms with Crippen LogP contribution in [0.5, 0.6) is 0 Å². The minimum absolute atomic E-state index is 0.392. The van der Waals surface area contributed by atoms with E-state index in [9.17, 15) is 13.2 Å². The van der Waals surface area contributed by atoms with Gasteiger partial charge in [-0.2, -0.15) is 5.10 Å². The van der Waals surface area contributed by atoms with E-state index >= 15 is 0 Å². The molecule has 0 atom stereocenters. The Labute approximate surface area is 197 Å². The lowest BCUT2D eigenvalue weighted by molar-refractivity contribution is -0.119. The molecule has 7 nitrogen and oxygen atoms in total. The number of hydrazone groups is 1. The Balaban J connectivity index is 1.76. The Morgan fingerprint density at radius 1 is 1.12 bits per heavy atom. The minimum Gasteiger partial charge on any atom is -0.316 e. The van der Waals surface area contributed by atoms with Gasteiger partial charge in [0, 0.05) is 22.0 Å². The van der Waals surface area contributed by atoms with Crippen LogP contribution in [-0.4, -0.2) is 37.9 Å². The first-order valence-electron chi connectivity index (χ1n) is 9.57. The van der Waals surface area contributed by atoms with Crippen LogP contribution in [0.1, 0.15) is 17.0 Å². The van der Waals surface area contributed by atoms with Crippen molar-refractivity contribution in [1.82, 2.24) is 9.99 Å². The molecule has 3 rings (SSSR count). The normalized spacial score (nSPS) is 11.7. The summed E-state index contributed by atoms with van der Waals surface area (Å²) in [6, 6.07) is 15.5. The van der Waals surface area contributed by atoms with E-state index in [4.69, 9.17) is 23.2 Å². The average Bonchev–Trinajstić information content (AvgIpc) is 3.01. The molecule has 0 saturated carbocycles. The third-order valence-corrected chi connectivity index (χ3v) is 6.44. The largest absolute Gasteiger partial charge is 0.316 e. The molecule has 0 bridgehead atoms. The van der Waals surface area contributed by atoms with Crippen LogP contribution in [0.2, 0.25) is 10.0 Å². The second kappa shape index (κ2) is 9.77. The van der Waals surface area contributed by atoms with Crippen molar-refractivity contribution in [3.63, 3.8) is 0 Å². The maximum atomic E-state index is 12.4. The third kappa shape index (κ3) is 5.51. The number of benzene rings is 2. The smallest absolute Gasteiger partial charge is 0.260 e. The summed E-state index contributed by atoms with van der Waals surface area (Å²) >= 11 is 12.5. The Bertz CT molecular complexity index is 1270. The summed E-state index contributed by atoms with van der Waals surface area (Å²) in [6.07, 6.45) is 2.55. The van der Waals surface area contributed by atoms with E-state index in [1.165, 1.54) is 6.21 Å². The van der Waals surface area contributed by atoms with E-state index in [1.54, 1.807) is 48.5 Å². The summed E-state index contributed by atoms with van der Waals surface area (Å²) in [5.41, 5.74) is 6.06. The van der Waals surface area contributed by atoms with Crippen LogP contribution in [0, 0.1) is 13.8 Å². The number of nitrogens with zero attached hydrogens (tertiary/aromatic N) is 3. The van der Waals surface area contributed by atoms with Gasteiger partial charge in [-0.15, -0.1) is 0 Å². The van der Waals surface area contributed by atoms with Gasteiger partial charge in [0.15, 0.2) is 0 Å². The fourth-order valence-electron chi connectivity index (χ4n) is 3.28. The highest BCUT2D eigenvalue weighted by atomic mass is 35.5. The molecule has 1 aromatic heterocycles. The van der Waals surface area contributed by atoms with Crippen molar-refractivity contribution < 1.29 is 13.2 Å². The van der Waals surface area contributed by atoms with E-state index in [-0.39, 0.29) is 0 Å². The molecule has 32 heavy (non-hydrogen) atoms. The van der Waals surface area contributed by atoms with E-state index in [1.807, 2.05) is 24.5 Å². The van der Waals surface area contributed by atoms with Crippen molar-refractivity contribution >= 4 is 51.0 Å². The topological polar surface area (TPSA) is 83.8 Å². The first kappa shape index (κ1) is 23.8. The molecular formula is C22H22Cl2N4O3S. The number of aryl methyl sites for hydroxylation is 1. The van der Waals surface area contributed by atoms with Crippen molar-refractivity contribution in [2.45, 2.75) is 13.8 Å². The zero-order chi connectivity index (χ0) is 23.5. The van der Waals surface area contributed by atoms with Gasteiger partial charge < -0.3 is 4.57 Å². The molecule has 3 aromatic rings. The van der Waals surface area contributed by atoms with Gasteiger partial charge in [0.05, 0.1) is 28.9 Å². The van der Waals surface area contributed by atoms with Crippen molar-refractivity contribution in [1.29, 1.82) is 0 Å². The van der Waals surface area contributed by atoms with Crippen molar-refractivity contribution in [2.24, 2.45) is 5.10 Å². The van der Waals surface area contributed by atoms with Crippen LogP contribution in [-0.2, 0) is 14.8 Å². The second-order valence-corrected chi connectivity index (χ2v) is 9.91. The summed E-state index contributed by atoms with van der Waals surface area (Å²) in [5.74, 6) is -0.567. The van der Waals surface area contributed by atoms with Gasteiger partial charge in [0.1, 0.15) is 6.54 Å². The number of carbonyl (C=O) groups is 1. The highest BCUT2D eigenvalue weighted by Gasteiger charge is 2.20. The van der Waals surface area contributed by atoms with E-state index < -0.39 is 22.5 Å². The number of hydrogen-bond acceptors (Lipinski definition) is 4. The van der Waals surface area contributed by atoms with Crippen molar-refractivity contribution in [3.8, 4) is 5.69 Å². The Kier molecular flexibility index (Phi) is 7.28. The molecule has 0 aliphatic rings. The third-order valence-electron chi connectivity index (χ3n) is 4.74. The second-order valence-electron chi connectivity index (χ2n) is 7.16. The standard InChI is InChI=1S/C22H22Cl2N4O3S/c1-15-11-17(16(2)28(15)21-12-18(23)9-10-20(21)24)13-25-26-22(29)14-27(32(3,30)31)19-7-5-4-6-8-19/h4-13H,14H2,1-3H3,(H,26,29). The summed E-state index contributed by atoms with van der Waals surface area (Å²) in [4.78, 5) is 12.4. The SMILES string of the molecule is Cc1cc(C=NNC(=O)CN(c2ccccc2)S(C)(=O)=O)c(C)n1-c1cc(Cl)ccc1Cl. The summed E-state index contributed by atoms with van der Waals surface area (Å²) in [7, 11) is -3.64. The quantitative estimate of drug-likeness (QED) is 0.393. The molecule has 0 aliphatic carbocycles. The van der Waals surface area contributed by atoms with Crippen molar-refractivity contribution in [2.75, 3.05) is 17.1 Å². The van der Waals surface area contributed by atoms with Crippen LogP contribution in [0.25, 0.3) is 5.69 Å². The maximum absolute atomic E-state index is 12.4. The van der Waals surface area contributed by atoms with Crippen molar-refractivity contribution in [3.05, 3.63) is 81.6 Å². The van der Waals surface area contributed by atoms with E-state index in [0.29, 0.717) is 15.7 Å². The molecule has 0 saturated heterocycles. The van der Waals surface area contributed by atoms with E-state index in [2.05, 4.69) is 10.5 Å². The van der Waals surface area contributed by atoms with Gasteiger partial charge in [-0.1, -0.05) is 41.4 Å². The Hall–Kier alpha value is -2.81. The van der Waals surface area contributed by atoms with Crippen LogP contribution in [0.3, 0.4) is 0 Å². The number of sulfonamides is 1. The molecule has 2 aromatic carbocycles. The first-order chi connectivity index (χ1) is 15.1. The number of rotatable bonds is 7. The van der Waals surface area contributed by atoms with Gasteiger partial charge >= 0.3 is 0 Å². The monoisotopic (exact) mass is 492 g/mol. The molecule has 0 spiro atoms. The number of aromatic nitrogens is 1. The summed E-state index contributed by atoms with van der Waals surface area (Å²) in [5, 5.41) is 5.11. The Morgan fingerprint density at radius 2 is 1.81 bits per heavy atom. The zero-order valence-corrected chi connectivity index (χ0v) is 20.0. The number of nitrogens with one attached hydrogen (secondary N) is 1. The molecule has 0 aliphatic heterocycles. The number of carbonyl (C=O) groups excluding carboxylic acids is 1. The molecule has 0 fully saturated rings. The van der Waals surface area contributed by atoms with Gasteiger partial charge in [0.25, 0.3) is 5.91 Å². The number of amides is 1. The highest BCUT2D eigenvalue weighted by Crippen LogP contribution is 2.28. The van der Waals surface area contributed by atoms with Crippen LogP contribution in [0.15, 0.2) is 59.7 Å². The summed E-state index contributed by atoms with van der Waals surface area (Å²) < 4.78 is 27.2. The highest BCUT2D eigenvalue weighted by molar-refractivity contribution is 7.92. The fraction of sp³-hybridized carbons (Fsp3) is 0.182. The van der Waals surface area contributed by atoms with Crippen LogP contribution in [0.4, 0.5) is 5.69 Å². The fourth-order valence-corrected chi connectivity index (χ4v) is 4.50. The average molecular weight is 493 g/mol.